The third-order valence-corrected chi connectivity index (χ3v) is 5.12. The molecule has 2 aliphatic rings. The Morgan fingerprint density at radius 3 is 3.00 bits per heavy atom. The second kappa shape index (κ2) is 5.45. The molecule has 1 aromatic heterocycles. The first-order chi connectivity index (χ1) is 7.76. The molecule has 0 radical (unpaired) electrons. The number of thiophene rings is 1. The van der Waals surface area contributed by atoms with Crippen LogP contribution in [0, 0.1) is 5.41 Å². The number of likely N-dealkylation sites (tertiary alicyclic amines) is 1. The first-order valence-electron chi connectivity index (χ1n) is 5.92. The number of halogens is 2. The Hall–Kier alpha value is 0.200. The van der Waals surface area contributed by atoms with Crippen LogP contribution in [0.15, 0.2) is 11.4 Å². The average molecular weight is 293 g/mol. The maximum Gasteiger partial charge on any atom is 0.0516 e. The summed E-state index contributed by atoms with van der Waals surface area (Å²) in [6.45, 7) is 6.01. The molecule has 96 valence electrons. The monoisotopic (exact) mass is 292 g/mol. The lowest BCUT2D eigenvalue weighted by Crippen LogP contribution is -2.28. The van der Waals surface area contributed by atoms with Crippen LogP contribution in [0.5, 0.6) is 0 Å². The molecule has 17 heavy (non-hydrogen) atoms. The first kappa shape index (κ1) is 13.6. The smallest absolute Gasteiger partial charge is 0.0516 e. The number of nitrogens with one attached hydrogen (secondary N) is 1. The predicted octanol–water partition coefficient (Wildman–Crippen LogP) is 3.01. The van der Waals surface area contributed by atoms with Crippen LogP contribution < -0.4 is 5.32 Å². The van der Waals surface area contributed by atoms with Crippen molar-refractivity contribution in [2.24, 2.45) is 5.41 Å². The number of hydrogen-bond acceptors (Lipinski definition) is 3. The highest BCUT2D eigenvalue weighted by Gasteiger charge is 2.40. The van der Waals surface area contributed by atoms with Gasteiger partial charge in [0.25, 0.3) is 0 Å². The molecule has 1 unspecified atom stereocenters. The highest BCUT2D eigenvalue weighted by Crippen LogP contribution is 2.37. The normalized spacial score (nSPS) is 28.8. The predicted molar refractivity (Wildman–Crippen MR) is 76.4 cm³/mol. The van der Waals surface area contributed by atoms with E-state index in [0.717, 1.165) is 11.6 Å². The van der Waals surface area contributed by atoms with Gasteiger partial charge in [-0.05, 0) is 37.4 Å². The van der Waals surface area contributed by atoms with Gasteiger partial charge in [-0.3, -0.25) is 4.90 Å². The van der Waals surface area contributed by atoms with Gasteiger partial charge in [0.1, 0.15) is 0 Å². The van der Waals surface area contributed by atoms with Crippen molar-refractivity contribution in [1.82, 2.24) is 10.2 Å². The molecular weight excluding hydrogens is 275 g/mol. The minimum Gasteiger partial charge on any atom is -0.316 e. The van der Waals surface area contributed by atoms with E-state index in [1.54, 1.807) is 11.3 Å². The van der Waals surface area contributed by atoms with Gasteiger partial charge >= 0.3 is 0 Å². The van der Waals surface area contributed by atoms with Crippen molar-refractivity contribution >= 4 is 35.3 Å². The van der Waals surface area contributed by atoms with Gasteiger partial charge in [-0.2, -0.15) is 0 Å². The van der Waals surface area contributed by atoms with E-state index in [1.165, 1.54) is 43.9 Å². The third-order valence-electron chi connectivity index (χ3n) is 3.85. The molecule has 5 heteroatoms. The topological polar surface area (TPSA) is 15.3 Å². The summed E-state index contributed by atoms with van der Waals surface area (Å²) in [5, 5.41) is 6.41. The highest BCUT2D eigenvalue weighted by molar-refractivity contribution is 7.10. The average Bonchev–Trinajstić information content (AvgIpc) is 2.94. The van der Waals surface area contributed by atoms with Crippen molar-refractivity contribution in [3.63, 3.8) is 0 Å². The zero-order chi connectivity index (χ0) is 11.0. The molecule has 2 saturated heterocycles. The van der Waals surface area contributed by atoms with Gasteiger partial charge in [0.2, 0.25) is 0 Å². The van der Waals surface area contributed by atoms with Crippen molar-refractivity contribution in [2.45, 2.75) is 19.4 Å². The molecule has 1 spiro atoms. The fourth-order valence-corrected chi connectivity index (χ4v) is 4.08. The van der Waals surface area contributed by atoms with Crippen molar-refractivity contribution in [3.8, 4) is 0 Å². The summed E-state index contributed by atoms with van der Waals surface area (Å²) in [6, 6.07) is 2.10. The minimum absolute atomic E-state index is 0. The van der Waals surface area contributed by atoms with Crippen LogP contribution in [0.25, 0.3) is 0 Å². The standard InChI is InChI=1S/C12H17ClN2S.ClH/c13-10-5-11(16-7-10)6-15-4-2-12(9-15)1-3-14-8-12;/h5,7,14H,1-4,6,8-9H2;1H. The lowest BCUT2D eigenvalue weighted by molar-refractivity contribution is 0.270. The summed E-state index contributed by atoms with van der Waals surface area (Å²) in [7, 11) is 0. The molecule has 2 nitrogen and oxygen atoms in total. The van der Waals surface area contributed by atoms with Crippen molar-refractivity contribution in [2.75, 3.05) is 26.2 Å². The number of rotatable bonds is 2. The van der Waals surface area contributed by atoms with Gasteiger partial charge < -0.3 is 5.32 Å². The van der Waals surface area contributed by atoms with Crippen LogP contribution in [-0.4, -0.2) is 31.1 Å². The van der Waals surface area contributed by atoms with E-state index in [1.807, 2.05) is 5.38 Å². The zero-order valence-corrected chi connectivity index (χ0v) is 12.1. The van der Waals surface area contributed by atoms with Gasteiger partial charge in [-0.1, -0.05) is 11.6 Å². The molecule has 1 aromatic rings. The molecule has 3 rings (SSSR count). The van der Waals surface area contributed by atoms with E-state index in [-0.39, 0.29) is 12.4 Å². The summed E-state index contributed by atoms with van der Waals surface area (Å²) >= 11 is 7.73. The second-order valence-electron chi connectivity index (χ2n) is 5.12. The Balaban J connectivity index is 0.00000108. The van der Waals surface area contributed by atoms with E-state index in [0.29, 0.717) is 5.41 Å². The quantitative estimate of drug-likeness (QED) is 0.901. The fourth-order valence-electron chi connectivity index (χ4n) is 2.96. The van der Waals surface area contributed by atoms with Gasteiger partial charge in [0.15, 0.2) is 0 Å². The van der Waals surface area contributed by atoms with Crippen LogP contribution in [0.4, 0.5) is 0 Å². The van der Waals surface area contributed by atoms with Crippen molar-refractivity contribution < 1.29 is 0 Å². The van der Waals surface area contributed by atoms with Crippen LogP contribution in [-0.2, 0) is 6.54 Å². The van der Waals surface area contributed by atoms with Crippen LogP contribution >= 0.6 is 35.3 Å². The van der Waals surface area contributed by atoms with E-state index in [9.17, 15) is 0 Å². The SMILES string of the molecule is Cl.Clc1csc(CN2CCC3(CCNC3)C2)c1. The summed E-state index contributed by atoms with van der Waals surface area (Å²) in [5.74, 6) is 0. The molecule has 1 N–H and O–H groups in total. The molecule has 1 atom stereocenters. The summed E-state index contributed by atoms with van der Waals surface area (Å²) in [4.78, 5) is 3.97. The largest absolute Gasteiger partial charge is 0.316 e. The van der Waals surface area contributed by atoms with E-state index in [4.69, 9.17) is 11.6 Å². The Bertz CT molecular complexity index is 374. The summed E-state index contributed by atoms with van der Waals surface area (Å²) in [5.41, 5.74) is 0.584. The Morgan fingerprint density at radius 1 is 1.47 bits per heavy atom. The second-order valence-corrected chi connectivity index (χ2v) is 6.55. The van der Waals surface area contributed by atoms with Gasteiger partial charge in [0.05, 0.1) is 5.02 Å². The molecule has 0 saturated carbocycles. The van der Waals surface area contributed by atoms with Gasteiger partial charge in [-0.15, -0.1) is 23.7 Å². The van der Waals surface area contributed by atoms with E-state index >= 15 is 0 Å². The summed E-state index contributed by atoms with van der Waals surface area (Å²) in [6.07, 6.45) is 2.72. The molecule has 0 aliphatic carbocycles. The Kier molecular flexibility index (Phi) is 4.37. The Morgan fingerprint density at radius 2 is 2.35 bits per heavy atom. The number of nitrogens with zero attached hydrogens (tertiary/aromatic N) is 1. The number of hydrogen-bond donors (Lipinski definition) is 1. The van der Waals surface area contributed by atoms with Gasteiger partial charge in [-0.25, -0.2) is 0 Å². The molecule has 0 aromatic carbocycles. The lowest BCUT2D eigenvalue weighted by atomic mass is 9.87. The van der Waals surface area contributed by atoms with Crippen LogP contribution in [0.3, 0.4) is 0 Å². The summed E-state index contributed by atoms with van der Waals surface area (Å²) < 4.78 is 0. The molecule has 2 aliphatic heterocycles. The fraction of sp³-hybridized carbons (Fsp3) is 0.667. The third kappa shape index (κ3) is 2.96. The van der Waals surface area contributed by atoms with Crippen molar-refractivity contribution in [1.29, 1.82) is 0 Å². The highest BCUT2D eigenvalue weighted by atomic mass is 35.5. The van der Waals surface area contributed by atoms with Gasteiger partial charge in [0, 0.05) is 29.9 Å². The minimum atomic E-state index is 0. The van der Waals surface area contributed by atoms with Crippen molar-refractivity contribution in [3.05, 3.63) is 21.3 Å². The molecule has 0 bridgehead atoms. The molecular formula is C12H18Cl2N2S. The molecule has 2 fully saturated rings. The zero-order valence-electron chi connectivity index (χ0n) is 9.75. The van der Waals surface area contributed by atoms with E-state index < -0.39 is 0 Å². The van der Waals surface area contributed by atoms with Crippen LogP contribution in [0.1, 0.15) is 17.7 Å². The first-order valence-corrected chi connectivity index (χ1v) is 7.18. The maximum absolute atomic E-state index is 5.95. The molecule has 0 amide bonds. The lowest BCUT2D eigenvalue weighted by Gasteiger charge is -2.22. The van der Waals surface area contributed by atoms with E-state index in [2.05, 4.69) is 16.3 Å². The maximum atomic E-state index is 5.95. The Labute approximate surface area is 118 Å². The van der Waals surface area contributed by atoms with Crippen LogP contribution in [0.2, 0.25) is 5.02 Å². The molecule has 3 heterocycles.